The number of hydrogen-bond acceptors (Lipinski definition) is 4. The number of anilines is 2. The summed E-state index contributed by atoms with van der Waals surface area (Å²) >= 11 is 0. The quantitative estimate of drug-likeness (QED) is 0.511. The second-order valence-electron chi connectivity index (χ2n) is 3.96. The number of non-ortho nitro benzene ring substituents is 1. The molecule has 2 aromatic rings. The number of halogens is 1. The molecule has 0 bridgehead atoms. The number of nitrogen functional groups attached to an aromatic ring is 1. The van der Waals surface area contributed by atoms with E-state index in [1.54, 1.807) is 0 Å². The summed E-state index contributed by atoms with van der Waals surface area (Å²) in [5.41, 5.74) is 5.50. The lowest BCUT2D eigenvalue weighted by Gasteiger charge is -2.07. The van der Waals surface area contributed by atoms with Gasteiger partial charge in [0.1, 0.15) is 5.82 Å². The van der Waals surface area contributed by atoms with Crippen LogP contribution in [0.2, 0.25) is 0 Å². The fourth-order valence-corrected chi connectivity index (χ4v) is 1.60. The summed E-state index contributed by atoms with van der Waals surface area (Å²) in [7, 11) is 0. The van der Waals surface area contributed by atoms with Crippen LogP contribution < -0.4 is 11.1 Å². The van der Waals surface area contributed by atoms with Crippen molar-refractivity contribution in [2.45, 2.75) is 0 Å². The zero-order valence-electron chi connectivity index (χ0n) is 10.2. The molecule has 6 nitrogen and oxygen atoms in total. The normalized spacial score (nSPS) is 10.1. The summed E-state index contributed by atoms with van der Waals surface area (Å²) in [5.74, 6) is -1.27. The molecule has 0 aliphatic rings. The Bertz CT molecular complexity index is 671. The Morgan fingerprint density at radius 3 is 2.45 bits per heavy atom. The van der Waals surface area contributed by atoms with Crippen LogP contribution in [0.25, 0.3) is 0 Å². The number of rotatable bonds is 3. The highest BCUT2D eigenvalue weighted by Gasteiger charge is 2.13. The number of nitro benzene ring substituents is 1. The topological polar surface area (TPSA) is 98.3 Å². The van der Waals surface area contributed by atoms with Crippen molar-refractivity contribution in [1.29, 1.82) is 0 Å². The molecule has 102 valence electrons. The summed E-state index contributed by atoms with van der Waals surface area (Å²) in [6.45, 7) is 0. The monoisotopic (exact) mass is 275 g/mol. The number of nitrogens with two attached hydrogens (primary N) is 1. The van der Waals surface area contributed by atoms with Gasteiger partial charge in [-0.1, -0.05) is 6.07 Å². The van der Waals surface area contributed by atoms with Gasteiger partial charge >= 0.3 is 0 Å². The average Bonchev–Trinajstić information content (AvgIpc) is 2.42. The number of carbonyl (C=O) groups excluding carboxylic acids is 1. The first-order chi connectivity index (χ1) is 9.49. The number of nitro groups is 1. The van der Waals surface area contributed by atoms with Crippen molar-refractivity contribution in [3.05, 3.63) is 64.0 Å². The first-order valence-corrected chi connectivity index (χ1v) is 5.59. The van der Waals surface area contributed by atoms with Crippen LogP contribution in [0, 0.1) is 15.9 Å². The largest absolute Gasteiger partial charge is 0.396 e. The van der Waals surface area contributed by atoms with Gasteiger partial charge in [0.2, 0.25) is 0 Å². The lowest BCUT2D eigenvalue weighted by Crippen LogP contribution is -2.14. The smallest absolute Gasteiger partial charge is 0.269 e. The second kappa shape index (κ2) is 5.35. The average molecular weight is 275 g/mol. The molecule has 2 rings (SSSR count). The zero-order valence-corrected chi connectivity index (χ0v) is 10.2. The maximum absolute atomic E-state index is 13.2. The van der Waals surface area contributed by atoms with Gasteiger partial charge in [0.25, 0.3) is 11.6 Å². The molecule has 0 fully saturated rings. The molecule has 0 heterocycles. The van der Waals surface area contributed by atoms with Crippen molar-refractivity contribution in [3.8, 4) is 0 Å². The van der Waals surface area contributed by atoms with E-state index in [2.05, 4.69) is 5.32 Å². The predicted octanol–water partition coefficient (Wildman–Crippen LogP) is 2.57. The Morgan fingerprint density at radius 1 is 1.20 bits per heavy atom. The van der Waals surface area contributed by atoms with E-state index in [4.69, 9.17) is 5.73 Å². The number of benzene rings is 2. The van der Waals surface area contributed by atoms with Gasteiger partial charge in [0.05, 0.1) is 16.2 Å². The number of nitrogens with zero attached hydrogens (tertiary/aromatic N) is 1. The predicted molar refractivity (Wildman–Crippen MR) is 71.9 cm³/mol. The van der Waals surface area contributed by atoms with Crippen LogP contribution in [0.1, 0.15) is 10.4 Å². The molecule has 0 aliphatic heterocycles. The third-order valence-corrected chi connectivity index (χ3v) is 2.63. The first-order valence-electron chi connectivity index (χ1n) is 5.59. The molecule has 3 N–H and O–H groups in total. The minimum absolute atomic E-state index is 0.00310. The Morgan fingerprint density at radius 2 is 1.85 bits per heavy atom. The number of carbonyl (C=O) groups is 1. The fourth-order valence-electron chi connectivity index (χ4n) is 1.60. The molecule has 1 amide bonds. The van der Waals surface area contributed by atoms with Crippen molar-refractivity contribution >= 4 is 23.0 Å². The van der Waals surface area contributed by atoms with Crippen molar-refractivity contribution in [3.63, 3.8) is 0 Å². The molecule has 0 aromatic heterocycles. The zero-order chi connectivity index (χ0) is 14.7. The number of para-hydroxylation sites is 1. The van der Waals surface area contributed by atoms with Crippen molar-refractivity contribution < 1.29 is 14.1 Å². The molecule has 0 unspecified atom stereocenters. The van der Waals surface area contributed by atoms with Crippen LogP contribution in [0.5, 0.6) is 0 Å². The summed E-state index contributed by atoms with van der Waals surface area (Å²) in [5, 5.41) is 13.0. The first kappa shape index (κ1) is 13.5. The summed E-state index contributed by atoms with van der Waals surface area (Å²) < 4.78 is 13.2. The lowest BCUT2D eigenvalue weighted by atomic mass is 10.1. The maximum Gasteiger partial charge on any atom is 0.269 e. The van der Waals surface area contributed by atoms with E-state index < -0.39 is 16.6 Å². The van der Waals surface area contributed by atoms with Gasteiger partial charge in [-0.2, -0.15) is 0 Å². The van der Waals surface area contributed by atoms with Crippen LogP contribution in [0.15, 0.2) is 42.5 Å². The van der Waals surface area contributed by atoms with Gasteiger partial charge < -0.3 is 11.1 Å². The standard InChI is InChI=1S/C13H10FN3O3/c14-11-3-1-2-10(12(11)15)13(18)16-8-4-6-9(7-5-8)17(19)20/h1-7H,15H2,(H,16,18). The van der Waals surface area contributed by atoms with E-state index in [1.165, 1.54) is 36.4 Å². The third-order valence-electron chi connectivity index (χ3n) is 2.63. The van der Waals surface area contributed by atoms with Gasteiger partial charge in [-0.25, -0.2) is 4.39 Å². The Kier molecular flexibility index (Phi) is 3.60. The highest BCUT2D eigenvalue weighted by Crippen LogP contribution is 2.19. The van der Waals surface area contributed by atoms with Crippen LogP contribution in [-0.4, -0.2) is 10.8 Å². The van der Waals surface area contributed by atoms with Crippen molar-refractivity contribution in [2.75, 3.05) is 11.1 Å². The Labute approximate surface area is 113 Å². The summed E-state index contributed by atoms with van der Waals surface area (Å²) in [4.78, 5) is 21.9. The van der Waals surface area contributed by atoms with Gasteiger partial charge in [0, 0.05) is 17.8 Å². The lowest BCUT2D eigenvalue weighted by molar-refractivity contribution is -0.384. The van der Waals surface area contributed by atoms with Crippen LogP contribution >= 0.6 is 0 Å². The fraction of sp³-hybridized carbons (Fsp3) is 0. The van der Waals surface area contributed by atoms with Crippen LogP contribution in [0.3, 0.4) is 0 Å². The van der Waals surface area contributed by atoms with Gasteiger partial charge in [0.15, 0.2) is 0 Å². The van der Waals surface area contributed by atoms with E-state index in [0.29, 0.717) is 5.69 Å². The van der Waals surface area contributed by atoms with Crippen LogP contribution in [-0.2, 0) is 0 Å². The van der Waals surface area contributed by atoms with E-state index >= 15 is 0 Å². The van der Waals surface area contributed by atoms with E-state index in [1.807, 2.05) is 0 Å². The molecular formula is C13H10FN3O3. The summed E-state index contributed by atoms with van der Waals surface area (Å²) in [6.07, 6.45) is 0. The Hall–Kier alpha value is -2.96. The van der Waals surface area contributed by atoms with E-state index in [9.17, 15) is 19.3 Å². The minimum atomic E-state index is -0.679. The van der Waals surface area contributed by atoms with Crippen LogP contribution in [0.4, 0.5) is 21.5 Å². The molecule has 7 heteroatoms. The minimum Gasteiger partial charge on any atom is -0.396 e. The van der Waals surface area contributed by atoms with Crippen molar-refractivity contribution in [1.82, 2.24) is 0 Å². The Balaban J connectivity index is 2.19. The number of hydrogen-bond donors (Lipinski definition) is 2. The second-order valence-corrected chi connectivity index (χ2v) is 3.96. The van der Waals surface area contributed by atoms with Gasteiger partial charge in [-0.15, -0.1) is 0 Å². The SMILES string of the molecule is Nc1c(F)cccc1C(=O)Nc1ccc([N+](=O)[O-])cc1. The highest BCUT2D eigenvalue weighted by molar-refractivity contribution is 6.07. The molecule has 2 aromatic carbocycles. The van der Waals surface area contributed by atoms with Gasteiger partial charge in [-0.05, 0) is 24.3 Å². The molecule has 0 saturated carbocycles. The molecule has 0 aliphatic carbocycles. The van der Waals surface area contributed by atoms with E-state index in [-0.39, 0.29) is 16.9 Å². The highest BCUT2D eigenvalue weighted by atomic mass is 19.1. The summed E-state index contributed by atoms with van der Waals surface area (Å²) in [6, 6.07) is 9.18. The molecule has 0 saturated heterocycles. The van der Waals surface area contributed by atoms with E-state index in [0.717, 1.165) is 6.07 Å². The molecular weight excluding hydrogens is 265 g/mol. The molecule has 0 atom stereocenters. The maximum atomic E-state index is 13.2. The van der Waals surface area contributed by atoms with Crippen molar-refractivity contribution in [2.24, 2.45) is 0 Å². The molecule has 0 spiro atoms. The number of amides is 1. The molecule has 20 heavy (non-hydrogen) atoms. The number of nitrogens with one attached hydrogen (secondary N) is 1. The van der Waals surface area contributed by atoms with Gasteiger partial charge in [-0.3, -0.25) is 14.9 Å². The molecule has 0 radical (unpaired) electrons. The third kappa shape index (κ3) is 2.72.